The summed E-state index contributed by atoms with van der Waals surface area (Å²) in [6.45, 7) is 1.98. The summed E-state index contributed by atoms with van der Waals surface area (Å²) < 4.78 is 30.1. The molecule has 4 aromatic heterocycles. The summed E-state index contributed by atoms with van der Waals surface area (Å²) >= 11 is 0. The first-order valence-electron chi connectivity index (χ1n) is 11.0. The molecule has 4 heterocycles. The topological polar surface area (TPSA) is 114 Å². The maximum atomic E-state index is 13.8. The van der Waals surface area contributed by atoms with Gasteiger partial charge in [0.05, 0.1) is 31.7 Å². The second-order valence-electron chi connectivity index (χ2n) is 7.97. The van der Waals surface area contributed by atoms with Gasteiger partial charge in [-0.15, -0.1) is 0 Å². The molecule has 0 aliphatic heterocycles. The maximum Gasteiger partial charge on any atom is 0.341 e. The molecule has 0 fully saturated rings. The van der Waals surface area contributed by atoms with Crippen LogP contribution in [0.5, 0.6) is 0 Å². The average molecular weight is 503 g/mol. The molecule has 0 spiro atoms. The van der Waals surface area contributed by atoms with Gasteiger partial charge in [0.25, 0.3) is 5.56 Å². The van der Waals surface area contributed by atoms with E-state index in [1.807, 2.05) is 6.92 Å². The largest absolute Gasteiger partial charge is 0.465 e. The fourth-order valence-electron chi connectivity index (χ4n) is 3.71. The van der Waals surface area contributed by atoms with Crippen LogP contribution in [-0.2, 0) is 16.0 Å². The van der Waals surface area contributed by atoms with Crippen molar-refractivity contribution in [1.82, 2.24) is 14.5 Å². The van der Waals surface area contributed by atoms with Gasteiger partial charge in [0.1, 0.15) is 22.7 Å². The predicted octanol–water partition coefficient (Wildman–Crippen LogP) is 4.29. The third kappa shape index (κ3) is 5.37. The molecule has 9 nitrogen and oxygen atoms in total. The number of carbonyl (C=O) groups excluding carboxylic acids is 2. The molecule has 0 saturated carbocycles. The number of furan rings is 1. The van der Waals surface area contributed by atoms with Crippen LogP contribution in [0.4, 0.5) is 4.39 Å². The van der Waals surface area contributed by atoms with Crippen molar-refractivity contribution in [2.45, 2.75) is 13.5 Å². The third-order valence-electron chi connectivity index (χ3n) is 5.59. The van der Waals surface area contributed by atoms with Crippen LogP contribution in [0.2, 0.25) is 0 Å². The van der Waals surface area contributed by atoms with E-state index in [-0.39, 0.29) is 29.2 Å². The molecule has 0 radical (unpaired) electrons. The number of aryl methyl sites for hydroxylation is 1. The van der Waals surface area contributed by atoms with Crippen molar-refractivity contribution in [3.63, 3.8) is 0 Å². The molecule has 0 aliphatic carbocycles. The van der Waals surface area contributed by atoms with Crippen molar-refractivity contribution in [2.75, 3.05) is 14.2 Å². The van der Waals surface area contributed by atoms with Crippen LogP contribution >= 0.6 is 0 Å². The molecule has 0 unspecified atom stereocenters. The maximum absolute atomic E-state index is 13.8. The fraction of sp³-hybridized carbons (Fsp3) is 0.148. The second kappa shape index (κ2) is 10.8. The highest BCUT2D eigenvalue weighted by Gasteiger charge is 2.17. The summed E-state index contributed by atoms with van der Waals surface area (Å²) in [5.41, 5.74) is 1.42. The smallest absolute Gasteiger partial charge is 0.341 e. The Kier molecular flexibility index (Phi) is 7.38. The van der Waals surface area contributed by atoms with Gasteiger partial charge in [0.15, 0.2) is 0 Å². The molecule has 0 bridgehead atoms. The van der Waals surface area contributed by atoms with Gasteiger partial charge in [-0.1, -0.05) is 0 Å². The molecule has 37 heavy (non-hydrogen) atoms. The van der Waals surface area contributed by atoms with E-state index in [1.165, 1.54) is 37.2 Å². The van der Waals surface area contributed by atoms with Gasteiger partial charge in [0.2, 0.25) is 0 Å². The van der Waals surface area contributed by atoms with Gasteiger partial charge < -0.3 is 18.5 Å². The predicted molar refractivity (Wildman–Crippen MR) is 133 cm³/mol. The summed E-state index contributed by atoms with van der Waals surface area (Å²) in [4.78, 5) is 43.2. The first kappa shape index (κ1) is 25.2. The number of hydrogen-bond acceptors (Lipinski definition) is 8. The first-order valence-corrected chi connectivity index (χ1v) is 11.0. The van der Waals surface area contributed by atoms with Crippen LogP contribution in [-0.4, -0.2) is 40.7 Å². The van der Waals surface area contributed by atoms with E-state index >= 15 is 0 Å². The zero-order chi connectivity index (χ0) is 26.5. The standard InChI is InChI=1S/C19H13FN2O4.C8H9NO2/c1-25-19(24)15-8-13(20)6-12-7-14(26-17(12)15)10-22-5-3-11-2-4-21-9-16(11)18(22)23;1-6-3-4-9-5-7(6)8(10)11-2/h2-9H,10H2,1H3;3-5H,1-2H3. The molecule has 10 heteroatoms. The van der Waals surface area contributed by atoms with Gasteiger partial charge >= 0.3 is 11.9 Å². The monoisotopic (exact) mass is 503 g/mol. The summed E-state index contributed by atoms with van der Waals surface area (Å²) in [5.74, 6) is -1.18. The molecule has 5 aromatic rings. The lowest BCUT2D eigenvalue weighted by molar-refractivity contribution is 0.0591. The minimum atomic E-state index is -0.690. The molecule has 0 amide bonds. The number of benzene rings is 1. The molecule has 0 saturated heterocycles. The highest BCUT2D eigenvalue weighted by molar-refractivity contribution is 6.02. The van der Waals surface area contributed by atoms with Crippen molar-refractivity contribution in [2.24, 2.45) is 0 Å². The number of carbonyl (C=O) groups is 2. The average Bonchev–Trinajstić information content (AvgIpc) is 3.31. The van der Waals surface area contributed by atoms with Gasteiger partial charge in [-0.2, -0.15) is 0 Å². The van der Waals surface area contributed by atoms with E-state index in [9.17, 15) is 18.8 Å². The SMILES string of the molecule is COC(=O)c1cc(F)cc2cc(Cn3ccc4ccncc4c3=O)oc12.COC(=O)c1cnccc1C. The Morgan fingerprint density at radius 2 is 1.65 bits per heavy atom. The molecule has 5 rings (SSSR count). The van der Waals surface area contributed by atoms with Gasteiger partial charge in [-0.05, 0) is 54.3 Å². The van der Waals surface area contributed by atoms with Gasteiger partial charge in [-0.25, -0.2) is 14.0 Å². The number of ether oxygens (including phenoxy) is 2. The highest BCUT2D eigenvalue weighted by atomic mass is 19.1. The number of methoxy groups -OCH3 is 2. The van der Waals surface area contributed by atoms with E-state index in [0.717, 1.165) is 17.0 Å². The lowest BCUT2D eigenvalue weighted by Gasteiger charge is -2.05. The fourth-order valence-corrected chi connectivity index (χ4v) is 3.71. The van der Waals surface area contributed by atoms with Crippen LogP contribution in [0.3, 0.4) is 0 Å². The van der Waals surface area contributed by atoms with Gasteiger partial charge in [0, 0.05) is 36.4 Å². The second-order valence-corrected chi connectivity index (χ2v) is 7.97. The Bertz CT molecular complexity index is 1670. The van der Waals surface area contributed by atoms with E-state index < -0.39 is 11.8 Å². The molecule has 0 N–H and O–H groups in total. The van der Waals surface area contributed by atoms with Crippen molar-refractivity contribution >= 4 is 33.7 Å². The Morgan fingerprint density at radius 3 is 2.38 bits per heavy atom. The van der Waals surface area contributed by atoms with E-state index in [4.69, 9.17) is 4.42 Å². The molecule has 1 aromatic carbocycles. The van der Waals surface area contributed by atoms with Crippen molar-refractivity contribution in [3.05, 3.63) is 106 Å². The Labute approximate surface area is 210 Å². The van der Waals surface area contributed by atoms with Crippen LogP contribution in [0.15, 0.2) is 76.6 Å². The quantitative estimate of drug-likeness (QED) is 0.334. The van der Waals surface area contributed by atoms with Crippen LogP contribution in [0.25, 0.3) is 21.7 Å². The third-order valence-corrected chi connectivity index (χ3v) is 5.59. The Morgan fingerprint density at radius 1 is 0.946 bits per heavy atom. The molecule has 0 aliphatic rings. The zero-order valence-corrected chi connectivity index (χ0v) is 20.2. The number of halogens is 1. The summed E-state index contributed by atoms with van der Waals surface area (Å²) in [6.07, 6.45) is 7.92. The summed E-state index contributed by atoms with van der Waals surface area (Å²) in [6, 6.07) is 9.27. The van der Waals surface area contributed by atoms with Gasteiger partial charge in [-0.3, -0.25) is 14.8 Å². The molecular formula is C27H22FN3O6. The minimum absolute atomic E-state index is 0.00353. The number of nitrogens with zero attached hydrogens (tertiary/aromatic N) is 3. The molecular weight excluding hydrogens is 481 g/mol. The minimum Gasteiger partial charge on any atom is -0.465 e. The summed E-state index contributed by atoms with van der Waals surface area (Å²) in [5, 5.41) is 1.71. The van der Waals surface area contributed by atoms with Crippen molar-refractivity contribution in [3.8, 4) is 0 Å². The lowest BCUT2D eigenvalue weighted by Crippen LogP contribution is -2.19. The van der Waals surface area contributed by atoms with E-state index in [0.29, 0.717) is 22.1 Å². The summed E-state index contributed by atoms with van der Waals surface area (Å²) in [7, 11) is 2.57. The van der Waals surface area contributed by atoms with E-state index in [1.54, 1.807) is 42.9 Å². The number of hydrogen-bond donors (Lipinski definition) is 0. The lowest BCUT2D eigenvalue weighted by atomic mass is 10.1. The number of pyridine rings is 3. The molecule has 188 valence electrons. The van der Waals surface area contributed by atoms with Crippen LogP contribution < -0.4 is 5.56 Å². The van der Waals surface area contributed by atoms with Crippen molar-refractivity contribution < 1.29 is 27.9 Å². The normalized spacial score (nSPS) is 10.6. The number of fused-ring (bicyclic) bond motifs is 2. The Balaban J connectivity index is 0.000000245. The number of esters is 2. The van der Waals surface area contributed by atoms with Crippen LogP contribution in [0.1, 0.15) is 32.0 Å². The zero-order valence-electron chi connectivity index (χ0n) is 20.2. The Hall–Kier alpha value is -4.86. The van der Waals surface area contributed by atoms with E-state index in [2.05, 4.69) is 19.4 Å². The highest BCUT2D eigenvalue weighted by Crippen LogP contribution is 2.26. The van der Waals surface area contributed by atoms with Crippen LogP contribution in [0, 0.1) is 12.7 Å². The number of rotatable bonds is 4. The van der Waals surface area contributed by atoms with Crippen molar-refractivity contribution in [1.29, 1.82) is 0 Å². The number of aromatic nitrogens is 3. The first-order chi connectivity index (χ1) is 17.8. The molecule has 0 atom stereocenters.